The van der Waals surface area contributed by atoms with Gasteiger partial charge in [-0.05, 0) is 35.9 Å². The number of aromatic nitrogens is 1. The number of hydrogen-bond donors (Lipinski definition) is 2. The maximum Gasteiger partial charge on any atom is 0.271 e. The van der Waals surface area contributed by atoms with Crippen LogP contribution in [0.5, 0.6) is 0 Å². The first kappa shape index (κ1) is 17.9. The van der Waals surface area contributed by atoms with Crippen molar-refractivity contribution in [1.82, 2.24) is 15.7 Å². The van der Waals surface area contributed by atoms with Gasteiger partial charge in [-0.1, -0.05) is 36.4 Å². The Morgan fingerprint density at radius 1 is 1.36 bits per heavy atom. The van der Waals surface area contributed by atoms with Gasteiger partial charge in [0.1, 0.15) is 5.15 Å². The number of carbonyl (C=O) groups is 1. The molecule has 2 rings (SSSR count). The zero-order valence-corrected chi connectivity index (χ0v) is 13.9. The van der Waals surface area contributed by atoms with E-state index in [-0.39, 0.29) is 5.91 Å². The maximum atomic E-state index is 12.1. The summed E-state index contributed by atoms with van der Waals surface area (Å²) in [4.78, 5) is 16.1. The number of hydrazone groups is 1. The molecule has 1 heterocycles. The summed E-state index contributed by atoms with van der Waals surface area (Å²) in [5.41, 5.74) is 4.71. The van der Waals surface area contributed by atoms with Gasteiger partial charge in [0.2, 0.25) is 0 Å². The number of carbonyl (C=O) groups excluding carboxylic acids is 1. The summed E-state index contributed by atoms with van der Waals surface area (Å²) >= 11 is 5.91. The van der Waals surface area contributed by atoms with Crippen LogP contribution in [0.15, 0.2) is 66.0 Å². The molecule has 0 atom stereocenters. The molecule has 0 aliphatic rings. The van der Waals surface area contributed by atoms with Gasteiger partial charge in [0.15, 0.2) is 6.19 Å². The van der Waals surface area contributed by atoms with Crippen molar-refractivity contribution in [1.29, 1.82) is 5.26 Å². The predicted octanol–water partition coefficient (Wildman–Crippen LogP) is 3.10. The highest BCUT2D eigenvalue weighted by Gasteiger charge is 2.04. The minimum Gasteiger partial charge on any atom is -0.293 e. The molecule has 7 heteroatoms. The van der Waals surface area contributed by atoms with Crippen molar-refractivity contribution >= 4 is 29.8 Å². The van der Waals surface area contributed by atoms with Crippen molar-refractivity contribution in [2.75, 3.05) is 0 Å². The molecule has 0 saturated heterocycles. The van der Waals surface area contributed by atoms with E-state index in [0.29, 0.717) is 22.0 Å². The van der Waals surface area contributed by atoms with Crippen LogP contribution in [0.3, 0.4) is 0 Å². The number of halogens is 1. The summed E-state index contributed by atoms with van der Waals surface area (Å²) in [6, 6.07) is 10.4. The number of pyridine rings is 1. The minimum atomic E-state index is -0.361. The lowest BCUT2D eigenvalue weighted by Crippen LogP contribution is -2.17. The highest BCUT2D eigenvalue weighted by molar-refractivity contribution is 6.31. The summed E-state index contributed by atoms with van der Waals surface area (Å²) in [6.07, 6.45) is 8.15. The number of nitrogens with zero attached hydrogens (tertiary/aromatic N) is 3. The van der Waals surface area contributed by atoms with E-state index in [1.165, 1.54) is 6.21 Å². The molecule has 2 N–H and O–H groups in total. The summed E-state index contributed by atoms with van der Waals surface area (Å²) in [5.74, 6) is -0.361. The van der Waals surface area contributed by atoms with Crippen molar-refractivity contribution in [2.45, 2.75) is 0 Å². The zero-order chi connectivity index (χ0) is 18.1. The van der Waals surface area contributed by atoms with Gasteiger partial charge in [0.05, 0.1) is 6.21 Å². The number of nitrogens with one attached hydrogen (secondary N) is 2. The number of nitriles is 1. The number of hydrogen-bond acceptors (Lipinski definition) is 5. The molecule has 0 saturated carbocycles. The molecule has 0 aliphatic carbocycles. The average molecular weight is 352 g/mol. The van der Waals surface area contributed by atoms with Crippen LogP contribution in [0, 0.1) is 11.5 Å². The lowest BCUT2D eigenvalue weighted by atomic mass is 10.1. The normalized spacial score (nSPS) is 10.6. The Bertz CT molecular complexity index is 883. The Morgan fingerprint density at radius 3 is 2.96 bits per heavy atom. The molecular weight excluding hydrogens is 338 g/mol. The zero-order valence-electron chi connectivity index (χ0n) is 13.1. The molecule has 124 valence electrons. The average Bonchev–Trinajstić information content (AvgIpc) is 2.62. The third-order valence-corrected chi connectivity index (χ3v) is 3.32. The fourth-order valence-corrected chi connectivity index (χ4v) is 1.98. The highest BCUT2D eigenvalue weighted by Crippen LogP contribution is 2.09. The molecule has 6 nitrogen and oxygen atoms in total. The van der Waals surface area contributed by atoms with Crippen molar-refractivity contribution in [3.8, 4) is 6.19 Å². The van der Waals surface area contributed by atoms with E-state index in [4.69, 9.17) is 16.9 Å². The second-order valence-electron chi connectivity index (χ2n) is 4.80. The first-order valence-corrected chi connectivity index (χ1v) is 7.54. The van der Waals surface area contributed by atoms with Crippen molar-refractivity contribution in [3.05, 3.63) is 82.8 Å². The smallest absolute Gasteiger partial charge is 0.271 e. The van der Waals surface area contributed by atoms with Crippen LogP contribution in [-0.4, -0.2) is 17.1 Å². The third-order valence-electron chi connectivity index (χ3n) is 3.00. The fraction of sp³-hybridized carbons (Fsp3) is 0. The summed E-state index contributed by atoms with van der Waals surface area (Å²) in [6.45, 7) is 3.66. The molecule has 1 aromatic carbocycles. The number of allylic oxidation sites excluding steroid dienone is 1. The number of amides is 1. The SMILES string of the molecule is C=C(/C=C/c1cccc(C(=O)N/N=C/c2cccnc2Cl)c1)NC#N. The Hall–Kier alpha value is -3.43. The Kier molecular flexibility index (Phi) is 6.46. The molecule has 0 aliphatic heterocycles. The molecule has 0 unspecified atom stereocenters. The predicted molar refractivity (Wildman–Crippen MR) is 97.7 cm³/mol. The van der Waals surface area contributed by atoms with Gasteiger partial charge in [0, 0.05) is 23.0 Å². The van der Waals surface area contributed by atoms with Crippen molar-refractivity contribution < 1.29 is 4.79 Å². The van der Waals surface area contributed by atoms with Gasteiger partial charge in [0.25, 0.3) is 5.91 Å². The lowest BCUT2D eigenvalue weighted by Gasteiger charge is -2.02. The van der Waals surface area contributed by atoms with Crippen LogP contribution >= 0.6 is 11.6 Å². The largest absolute Gasteiger partial charge is 0.293 e. The topological polar surface area (TPSA) is 90.2 Å². The standard InChI is InChI=1S/C18H14ClN5O/c1-13(22-12-20)7-8-14-4-2-5-15(10-14)18(25)24-23-11-16-6-3-9-21-17(16)19/h2-11,22H,1H2,(H,24,25)/b8-7+,23-11+. The lowest BCUT2D eigenvalue weighted by molar-refractivity contribution is 0.0955. The highest BCUT2D eigenvalue weighted by atomic mass is 35.5. The molecule has 1 aromatic heterocycles. The minimum absolute atomic E-state index is 0.304. The Morgan fingerprint density at radius 2 is 2.20 bits per heavy atom. The Labute approximate surface area is 150 Å². The second kappa shape index (κ2) is 9.01. The van der Waals surface area contributed by atoms with Gasteiger partial charge in [-0.3, -0.25) is 10.1 Å². The van der Waals surface area contributed by atoms with E-state index < -0.39 is 0 Å². The molecule has 0 fully saturated rings. The monoisotopic (exact) mass is 351 g/mol. The van der Waals surface area contributed by atoms with E-state index >= 15 is 0 Å². The molecular formula is C18H14ClN5O. The van der Waals surface area contributed by atoms with Crippen LogP contribution in [0.25, 0.3) is 6.08 Å². The number of rotatable bonds is 6. The van der Waals surface area contributed by atoms with Crippen LogP contribution in [0.1, 0.15) is 21.5 Å². The molecule has 0 spiro atoms. The molecule has 1 amide bonds. The molecule has 0 bridgehead atoms. The molecule has 0 radical (unpaired) electrons. The van der Waals surface area contributed by atoms with Crippen LogP contribution in [-0.2, 0) is 0 Å². The Balaban J connectivity index is 2.03. The van der Waals surface area contributed by atoms with E-state index in [1.807, 2.05) is 6.07 Å². The summed E-state index contributed by atoms with van der Waals surface area (Å²) in [5, 5.41) is 15.1. The van der Waals surface area contributed by atoms with Gasteiger partial charge in [-0.15, -0.1) is 0 Å². The van der Waals surface area contributed by atoms with Crippen molar-refractivity contribution in [2.24, 2.45) is 5.10 Å². The molecule has 25 heavy (non-hydrogen) atoms. The quantitative estimate of drug-likeness (QED) is 0.209. The van der Waals surface area contributed by atoms with E-state index in [0.717, 1.165) is 5.56 Å². The van der Waals surface area contributed by atoms with Gasteiger partial charge in [-0.25, -0.2) is 10.4 Å². The first-order chi connectivity index (χ1) is 12.1. The van der Waals surface area contributed by atoms with E-state index in [9.17, 15) is 4.79 Å². The maximum absolute atomic E-state index is 12.1. The summed E-state index contributed by atoms with van der Waals surface area (Å²) in [7, 11) is 0. The fourth-order valence-electron chi connectivity index (χ4n) is 1.81. The van der Waals surface area contributed by atoms with Crippen LogP contribution in [0.2, 0.25) is 5.15 Å². The second-order valence-corrected chi connectivity index (χ2v) is 5.16. The van der Waals surface area contributed by atoms with Gasteiger partial charge in [-0.2, -0.15) is 10.4 Å². The summed E-state index contributed by atoms with van der Waals surface area (Å²) < 4.78 is 0. The third kappa shape index (κ3) is 5.61. The van der Waals surface area contributed by atoms with Gasteiger partial charge < -0.3 is 0 Å². The van der Waals surface area contributed by atoms with Crippen molar-refractivity contribution in [3.63, 3.8) is 0 Å². The van der Waals surface area contributed by atoms with E-state index in [1.54, 1.807) is 54.9 Å². The van der Waals surface area contributed by atoms with Gasteiger partial charge >= 0.3 is 0 Å². The van der Waals surface area contributed by atoms with E-state index in [2.05, 4.69) is 27.4 Å². The molecule has 2 aromatic rings. The van der Waals surface area contributed by atoms with Crippen LogP contribution in [0.4, 0.5) is 0 Å². The van der Waals surface area contributed by atoms with Crippen LogP contribution < -0.4 is 10.7 Å². The number of benzene rings is 1. The first-order valence-electron chi connectivity index (χ1n) is 7.16.